The van der Waals surface area contributed by atoms with E-state index >= 15 is 0 Å². The van der Waals surface area contributed by atoms with Crippen LogP contribution in [0.5, 0.6) is 0 Å². The van der Waals surface area contributed by atoms with Crippen LogP contribution in [0.3, 0.4) is 0 Å². The molecule has 256 valence electrons. The SMILES string of the molecule is CC1(C)C2=CC(N(C3=CC=C(c4ccccc4)CC3)c3cccc(C4(c5ccccc5)c5ccccc5-c5ccccc54)c3)=CCC2c2ccccc21. The smallest absolute Gasteiger partial charge is 0.0714 e. The molecule has 0 saturated carbocycles. The van der Waals surface area contributed by atoms with Crippen LogP contribution in [0.1, 0.15) is 78.0 Å². The lowest BCUT2D eigenvalue weighted by Gasteiger charge is -2.37. The molecule has 0 N–H and O–H groups in total. The Morgan fingerprint density at radius 3 is 1.89 bits per heavy atom. The minimum Gasteiger partial charge on any atom is -0.315 e. The molecule has 1 nitrogen and oxygen atoms in total. The number of anilines is 1. The topological polar surface area (TPSA) is 3.24 Å². The second-order valence-corrected chi connectivity index (χ2v) is 15.5. The van der Waals surface area contributed by atoms with Gasteiger partial charge in [0.05, 0.1) is 5.41 Å². The van der Waals surface area contributed by atoms with Gasteiger partial charge in [-0.2, -0.15) is 0 Å². The van der Waals surface area contributed by atoms with Crippen molar-refractivity contribution < 1.29 is 0 Å². The number of benzene rings is 6. The maximum absolute atomic E-state index is 2.58. The third-order valence-electron chi connectivity index (χ3n) is 12.5. The van der Waals surface area contributed by atoms with Crippen LogP contribution in [-0.2, 0) is 10.8 Å². The van der Waals surface area contributed by atoms with Gasteiger partial charge < -0.3 is 4.90 Å². The van der Waals surface area contributed by atoms with Crippen LogP contribution in [0.25, 0.3) is 16.7 Å². The van der Waals surface area contributed by atoms with Crippen molar-refractivity contribution in [3.63, 3.8) is 0 Å². The number of allylic oxidation sites excluding steroid dienone is 7. The molecule has 0 aliphatic heterocycles. The molecule has 0 spiro atoms. The molecule has 0 amide bonds. The third kappa shape index (κ3) is 4.84. The maximum atomic E-state index is 2.58. The first-order valence-corrected chi connectivity index (χ1v) is 19.2. The first-order valence-electron chi connectivity index (χ1n) is 19.2. The van der Waals surface area contributed by atoms with Gasteiger partial charge in [-0.25, -0.2) is 0 Å². The quantitative estimate of drug-likeness (QED) is 0.169. The number of hydrogen-bond acceptors (Lipinski definition) is 1. The fourth-order valence-electron chi connectivity index (χ4n) is 10.1. The van der Waals surface area contributed by atoms with E-state index in [9.17, 15) is 0 Å². The van der Waals surface area contributed by atoms with E-state index in [4.69, 9.17) is 0 Å². The van der Waals surface area contributed by atoms with Crippen LogP contribution in [-0.4, -0.2) is 0 Å². The zero-order valence-corrected chi connectivity index (χ0v) is 30.5. The second kappa shape index (κ2) is 12.3. The van der Waals surface area contributed by atoms with E-state index in [0.29, 0.717) is 5.92 Å². The fourth-order valence-corrected chi connectivity index (χ4v) is 10.1. The summed E-state index contributed by atoms with van der Waals surface area (Å²) in [4.78, 5) is 2.58. The van der Waals surface area contributed by atoms with Gasteiger partial charge in [0.1, 0.15) is 0 Å². The molecular weight excluding hydrogens is 639 g/mol. The van der Waals surface area contributed by atoms with Crippen molar-refractivity contribution in [1.29, 1.82) is 0 Å². The molecule has 0 aromatic heterocycles. The van der Waals surface area contributed by atoms with E-state index in [1.807, 2.05) is 0 Å². The Morgan fingerprint density at radius 1 is 0.566 bits per heavy atom. The summed E-state index contributed by atoms with van der Waals surface area (Å²) in [6.07, 6.45) is 12.7. The first kappa shape index (κ1) is 31.8. The highest BCUT2D eigenvalue weighted by Gasteiger charge is 2.46. The Kier molecular flexibility index (Phi) is 7.41. The first-order chi connectivity index (χ1) is 26.0. The summed E-state index contributed by atoms with van der Waals surface area (Å²) < 4.78 is 0. The zero-order valence-electron chi connectivity index (χ0n) is 30.5. The van der Waals surface area contributed by atoms with Crippen molar-refractivity contribution in [2.45, 2.75) is 49.9 Å². The van der Waals surface area contributed by atoms with Gasteiger partial charge in [-0.1, -0.05) is 177 Å². The predicted octanol–water partition coefficient (Wildman–Crippen LogP) is 12.9. The van der Waals surface area contributed by atoms with Gasteiger partial charge in [-0.05, 0) is 99.2 Å². The van der Waals surface area contributed by atoms with Gasteiger partial charge in [0, 0.05) is 28.4 Å². The summed E-state index contributed by atoms with van der Waals surface area (Å²) in [5.74, 6) is 0.427. The van der Waals surface area contributed by atoms with Crippen LogP contribution in [0, 0.1) is 0 Å². The minimum atomic E-state index is -0.447. The molecule has 0 heterocycles. The molecule has 1 unspecified atom stereocenters. The summed E-state index contributed by atoms with van der Waals surface area (Å²) in [6.45, 7) is 4.83. The van der Waals surface area contributed by atoms with E-state index in [2.05, 4.69) is 201 Å². The van der Waals surface area contributed by atoms with Crippen LogP contribution >= 0.6 is 0 Å². The van der Waals surface area contributed by atoms with E-state index in [1.165, 1.54) is 78.3 Å². The Labute approximate surface area is 314 Å². The molecule has 0 bridgehead atoms. The molecule has 0 radical (unpaired) electrons. The van der Waals surface area contributed by atoms with Gasteiger partial charge in [0.15, 0.2) is 0 Å². The van der Waals surface area contributed by atoms with Gasteiger partial charge in [0.2, 0.25) is 0 Å². The van der Waals surface area contributed by atoms with Crippen molar-refractivity contribution >= 4 is 11.3 Å². The average Bonchev–Trinajstić information content (AvgIpc) is 3.65. The van der Waals surface area contributed by atoms with Crippen molar-refractivity contribution in [1.82, 2.24) is 0 Å². The number of hydrogen-bond donors (Lipinski definition) is 0. The monoisotopic (exact) mass is 681 g/mol. The predicted molar refractivity (Wildman–Crippen MR) is 221 cm³/mol. The Morgan fingerprint density at radius 2 is 1.19 bits per heavy atom. The third-order valence-corrected chi connectivity index (χ3v) is 12.5. The van der Waals surface area contributed by atoms with Gasteiger partial charge in [0.25, 0.3) is 0 Å². The molecule has 0 saturated heterocycles. The molecule has 6 aromatic rings. The molecule has 1 heteroatoms. The van der Waals surface area contributed by atoms with Crippen LogP contribution in [0.2, 0.25) is 0 Å². The van der Waals surface area contributed by atoms with Crippen molar-refractivity contribution in [3.8, 4) is 11.1 Å². The molecule has 4 aliphatic rings. The van der Waals surface area contributed by atoms with E-state index in [0.717, 1.165) is 19.3 Å². The molecule has 1 atom stereocenters. The summed E-state index contributed by atoms with van der Waals surface area (Å²) >= 11 is 0. The lowest BCUT2D eigenvalue weighted by molar-refractivity contribution is 0.609. The molecule has 10 rings (SSSR count). The Balaban J connectivity index is 1.17. The molecule has 4 aliphatic carbocycles. The van der Waals surface area contributed by atoms with Crippen molar-refractivity contribution in [3.05, 3.63) is 238 Å². The highest BCUT2D eigenvalue weighted by atomic mass is 15.2. The van der Waals surface area contributed by atoms with E-state index in [-0.39, 0.29) is 5.41 Å². The number of rotatable bonds is 6. The van der Waals surface area contributed by atoms with Gasteiger partial charge in [-0.3, -0.25) is 0 Å². The number of fused-ring (bicyclic) bond motifs is 6. The van der Waals surface area contributed by atoms with Crippen LogP contribution in [0.15, 0.2) is 199 Å². The minimum absolute atomic E-state index is 0.0236. The van der Waals surface area contributed by atoms with Crippen molar-refractivity contribution in [2.75, 3.05) is 4.90 Å². The largest absolute Gasteiger partial charge is 0.315 e. The Bertz CT molecular complexity index is 2460. The van der Waals surface area contributed by atoms with Crippen molar-refractivity contribution in [2.24, 2.45) is 0 Å². The average molecular weight is 682 g/mol. The standard InChI is InChI=1S/C52H43N/c1-51(2)47-25-12-9-22-43(47)46-33-32-42(35-50(46)51)53(40-30-28-37(29-31-40)36-16-5-3-6-17-36)41-21-15-20-39(34-41)52(38-18-7-4-8-19-38)48-26-13-10-23-44(48)45-24-11-14-27-49(45)52/h3-28,30,32,34-35,46H,29,31,33H2,1-2H3. The summed E-state index contributed by atoms with van der Waals surface area (Å²) in [5, 5.41) is 0. The maximum Gasteiger partial charge on any atom is 0.0714 e. The molecule has 53 heavy (non-hydrogen) atoms. The summed E-state index contributed by atoms with van der Waals surface area (Å²) in [5.41, 5.74) is 18.4. The van der Waals surface area contributed by atoms with E-state index in [1.54, 1.807) is 0 Å². The highest BCUT2D eigenvalue weighted by Crippen LogP contribution is 2.57. The lowest BCUT2D eigenvalue weighted by atomic mass is 9.67. The molecule has 6 aromatic carbocycles. The normalized spacial score (nSPS) is 18.7. The molecule has 0 fully saturated rings. The van der Waals surface area contributed by atoms with Gasteiger partial charge >= 0.3 is 0 Å². The van der Waals surface area contributed by atoms with Crippen LogP contribution in [0.4, 0.5) is 5.69 Å². The highest BCUT2D eigenvalue weighted by molar-refractivity contribution is 5.86. The second-order valence-electron chi connectivity index (χ2n) is 15.5. The lowest BCUT2D eigenvalue weighted by Crippen LogP contribution is -2.30. The van der Waals surface area contributed by atoms with E-state index < -0.39 is 5.41 Å². The summed E-state index contributed by atoms with van der Waals surface area (Å²) in [6, 6.07) is 58.7. The summed E-state index contributed by atoms with van der Waals surface area (Å²) in [7, 11) is 0. The molecular formula is C52H43N. The fraction of sp³-hybridized carbons (Fsp3) is 0.154. The Hall–Kier alpha value is -5.92. The van der Waals surface area contributed by atoms with Crippen LogP contribution < -0.4 is 4.90 Å². The zero-order chi connectivity index (χ0) is 35.6. The van der Waals surface area contributed by atoms with Gasteiger partial charge in [-0.15, -0.1) is 0 Å². The number of nitrogens with zero attached hydrogens (tertiary/aromatic N) is 1.